The number of hydrogen-bond donors (Lipinski definition) is 1. The van der Waals surface area contributed by atoms with E-state index in [1.54, 1.807) is 0 Å². The van der Waals surface area contributed by atoms with Crippen molar-refractivity contribution in [3.05, 3.63) is 0 Å². The fourth-order valence-electron chi connectivity index (χ4n) is 3.40. The molecule has 0 bridgehead atoms. The topological polar surface area (TPSA) is 32.5 Å². The van der Waals surface area contributed by atoms with Gasteiger partial charge in [-0.3, -0.25) is 0 Å². The molecule has 1 aliphatic heterocycles. The summed E-state index contributed by atoms with van der Waals surface area (Å²) in [4.78, 5) is 5.12. The quantitative estimate of drug-likeness (QED) is 0.792. The lowest BCUT2D eigenvalue weighted by Gasteiger charge is -2.36. The first-order valence-electron chi connectivity index (χ1n) is 7.45. The van der Waals surface area contributed by atoms with Crippen molar-refractivity contribution in [3.63, 3.8) is 0 Å². The Morgan fingerprint density at radius 2 is 1.82 bits per heavy atom. The molecule has 0 radical (unpaired) electrons. The molecule has 2 atom stereocenters. The number of nitrogens with two attached hydrogens (primary N) is 1. The largest absolute Gasteiger partial charge is 0.326 e. The second-order valence-corrected chi connectivity index (χ2v) is 5.90. The van der Waals surface area contributed by atoms with Crippen molar-refractivity contribution in [2.24, 2.45) is 5.73 Å². The molecule has 1 saturated carbocycles. The highest BCUT2D eigenvalue weighted by Gasteiger charge is 2.25. The van der Waals surface area contributed by atoms with Gasteiger partial charge in [-0.1, -0.05) is 12.8 Å². The third kappa shape index (κ3) is 3.94. The van der Waals surface area contributed by atoms with Crippen LogP contribution >= 0.6 is 0 Å². The second-order valence-electron chi connectivity index (χ2n) is 5.90. The van der Waals surface area contributed by atoms with Gasteiger partial charge in [0, 0.05) is 12.1 Å². The number of likely N-dealkylation sites (tertiary alicyclic amines) is 1. The Bertz CT molecular complexity index is 214. The maximum absolute atomic E-state index is 6.22. The van der Waals surface area contributed by atoms with Gasteiger partial charge in [-0.2, -0.15) is 0 Å². The second kappa shape index (κ2) is 6.72. The summed E-state index contributed by atoms with van der Waals surface area (Å²) in [6.07, 6.45) is 9.35. The predicted molar refractivity (Wildman–Crippen MR) is 73.2 cm³/mol. The van der Waals surface area contributed by atoms with Gasteiger partial charge in [-0.15, -0.1) is 0 Å². The zero-order chi connectivity index (χ0) is 12.1. The third-order valence-corrected chi connectivity index (χ3v) is 4.53. The van der Waals surface area contributed by atoms with Crippen LogP contribution < -0.4 is 5.73 Å². The van der Waals surface area contributed by atoms with Gasteiger partial charge in [-0.25, -0.2) is 0 Å². The molecule has 0 amide bonds. The Labute approximate surface area is 106 Å². The van der Waals surface area contributed by atoms with E-state index >= 15 is 0 Å². The summed E-state index contributed by atoms with van der Waals surface area (Å²) in [6, 6.07) is 1.06. The van der Waals surface area contributed by atoms with Crippen LogP contribution in [0.1, 0.15) is 44.9 Å². The van der Waals surface area contributed by atoms with Gasteiger partial charge in [0.05, 0.1) is 0 Å². The average molecular weight is 239 g/mol. The zero-order valence-electron chi connectivity index (χ0n) is 11.4. The molecule has 0 spiro atoms. The normalized spacial score (nSPS) is 31.2. The zero-order valence-corrected chi connectivity index (χ0v) is 11.4. The highest BCUT2D eigenvalue weighted by Crippen LogP contribution is 2.21. The Kier molecular flexibility index (Phi) is 5.26. The molecule has 0 aromatic heterocycles. The van der Waals surface area contributed by atoms with Crippen molar-refractivity contribution < 1.29 is 0 Å². The molecule has 3 nitrogen and oxygen atoms in total. The van der Waals surface area contributed by atoms with Crippen LogP contribution in [0, 0.1) is 0 Å². The van der Waals surface area contributed by atoms with Crippen LogP contribution in [0.2, 0.25) is 0 Å². The monoisotopic (exact) mass is 239 g/mol. The fraction of sp³-hybridized carbons (Fsp3) is 1.00. The summed E-state index contributed by atoms with van der Waals surface area (Å²) in [5.74, 6) is 0. The van der Waals surface area contributed by atoms with E-state index in [9.17, 15) is 0 Å². The first-order chi connectivity index (χ1) is 8.27. The molecular formula is C14H29N3. The van der Waals surface area contributed by atoms with Crippen LogP contribution in [0.3, 0.4) is 0 Å². The molecule has 2 rings (SSSR count). The van der Waals surface area contributed by atoms with E-state index in [0.717, 1.165) is 0 Å². The molecule has 3 heteroatoms. The number of rotatable bonds is 5. The Balaban J connectivity index is 1.63. The van der Waals surface area contributed by atoms with Gasteiger partial charge >= 0.3 is 0 Å². The summed E-state index contributed by atoms with van der Waals surface area (Å²) in [5, 5.41) is 0. The molecule has 100 valence electrons. The lowest BCUT2D eigenvalue weighted by molar-refractivity contribution is 0.161. The molecule has 0 aromatic carbocycles. The van der Waals surface area contributed by atoms with Gasteiger partial charge in [0.25, 0.3) is 0 Å². The minimum absolute atomic E-state index is 0.417. The standard InChI is InChI=1S/C14H29N3/c1-16(14-8-3-2-7-13(14)15)9-6-12-17-10-4-5-11-17/h13-14H,2-12,15H2,1H3. The van der Waals surface area contributed by atoms with Gasteiger partial charge in [0.15, 0.2) is 0 Å². The maximum Gasteiger partial charge on any atom is 0.0244 e. The lowest BCUT2D eigenvalue weighted by atomic mass is 9.90. The van der Waals surface area contributed by atoms with Crippen LogP contribution in [0.15, 0.2) is 0 Å². The Hall–Kier alpha value is -0.120. The summed E-state index contributed by atoms with van der Waals surface area (Å²) in [5.41, 5.74) is 6.22. The van der Waals surface area contributed by atoms with Gasteiger partial charge in [0.1, 0.15) is 0 Å². The average Bonchev–Trinajstić information content (AvgIpc) is 2.82. The van der Waals surface area contributed by atoms with Crippen LogP contribution in [-0.2, 0) is 0 Å². The molecule has 2 fully saturated rings. The Morgan fingerprint density at radius 1 is 1.12 bits per heavy atom. The number of hydrogen-bond acceptors (Lipinski definition) is 3. The Morgan fingerprint density at radius 3 is 2.53 bits per heavy atom. The highest BCUT2D eigenvalue weighted by atomic mass is 15.2. The molecule has 2 unspecified atom stereocenters. The molecule has 1 heterocycles. The van der Waals surface area contributed by atoms with Crippen molar-refractivity contribution in [2.45, 2.75) is 57.0 Å². The molecular weight excluding hydrogens is 210 g/mol. The molecule has 0 aromatic rings. The molecule has 2 N–H and O–H groups in total. The van der Waals surface area contributed by atoms with Crippen LogP contribution in [-0.4, -0.2) is 55.1 Å². The minimum Gasteiger partial charge on any atom is -0.326 e. The van der Waals surface area contributed by atoms with Gasteiger partial charge < -0.3 is 15.5 Å². The highest BCUT2D eigenvalue weighted by molar-refractivity contribution is 4.84. The van der Waals surface area contributed by atoms with E-state index in [4.69, 9.17) is 5.73 Å². The van der Waals surface area contributed by atoms with Gasteiger partial charge in [0.2, 0.25) is 0 Å². The van der Waals surface area contributed by atoms with Crippen molar-refractivity contribution in [2.75, 3.05) is 33.2 Å². The van der Waals surface area contributed by atoms with E-state index in [1.807, 2.05) is 0 Å². The SMILES string of the molecule is CN(CCCN1CCCC1)C1CCCCC1N. The number of nitrogens with zero attached hydrogens (tertiary/aromatic N) is 2. The van der Waals surface area contributed by atoms with Crippen LogP contribution in [0.4, 0.5) is 0 Å². The van der Waals surface area contributed by atoms with E-state index in [0.29, 0.717) is 12.1 Å². The van der Waals surface area contributed by atoms with Crippen LogP contribution in [0.25, 0.3) is 0 Å². The van der Waals surface area contributed by atoms with E-state index < -0.39 is 0 Å². The van der Waals surface area contributed by atoms with E-state index in [-0.39, 0.29) is 0 Å². The fourth-order valence-corrected chi connectivity index (χ4v) is 3.40. The predicted octanol–water partition coefficient (Wildman–Crippen LogP) is 1.67. The molecule has 1 saturated heterocycles. The van der Waals surface area contributed by atoms with Crippen molar-refractivity contribution >= 4 is 0 Å². The smallest absolute Gasteiger partial charge is 0.0244 e. The summed E-state index contributed by atoms with van der Waals surface area (Å²) < 4.78 is 0. The molecule has 17 heavy (non-hydrogen) atoms. The van der Waals surface area contributed by atoms with E-state index in [1.165, 1.54) is 71.1 Å². The van der Waals surface area contributed by atoms with Crippen molar-refractivity contribution in [3.8, 4) is 0 Å². The van der Waals surface area contributed by atoms with Gasteiger partial charge in [-0.05, 0) is 65.3 Å². The molecule has 1 aliphatic carbocycles. The molecule has 2 aliphatic rings. The van der Waals surface area contributed by atoms with Crippen molar-refractivity contribution in [1.82, 2.24) is 9.80 Å². The van der Waals surface area contributed by atoms with Crippen LogP contribution in [0.5, 0.6) is 0 Å². The summed E-state index contributed by atoms with van der Waals surface area (Å²) in [6.45, 7) is 5.15. The maximum atomic E-state index is 6.22. The minimum atomic E-state index is 0.417. The summed E-state index contributed by atoms with van der Waals surface area (Å²) >= 11 is 0. The third-order valence-electron chi connectivity index (χ3n) is 4.53. The van der Waals surface area contributed by atoms with Crippen molar-refractivity contribution in [1.29, 1.82) is 0 Å². The van der Waals surface area contributed by atoms with E-state index in [2.05, 4.69) is 16.8 Å². The lowest BCUT2D eigenvalue weighted by Crippen LogP contribution is -2.48. The summed E-state index contributed by atoms with van der Waals surface area (Å²) in [7, 11) is 2.26. The number of likely N-dealkylation sites (N-methyl/N-ethyl adjacent to an activating group) is 1. The first-order valence-corrected chi connectivity index (χ1v) is 7.45. The first kappa shape index (κ1) is 13.3.